The third-order valence-corrected chi connectivity index (χ3v) is 2.57. The molecule has 1 aromatic heterocycles. The van der Waals surface area contributed by atoms with E-state index in [1.807, 2.05) is 6.92 Å². The molecule has 0 atom stereocenters. The highest BCUT2D eigenvalue weighted by molar-refractivity contribution is 5.46. The van der Waals surface area contributed by atoms with Crippen molar-refractivity contribution in [2.24, 2.45) is 0 Å². The molecule has 0 fully saturated rings. The first kappa shape index (κ1) is 14.3. The second-order valence-corrected chi connectivity index (χ2v) is 4.08. The Labute approximate surface area is 113 Å². The minimum Gasteiger partial charge on any atom is -0.491 e. The molecule has 8 heteroatoms. The van der Waals surface area contributed by atoms with Gasteiger partial charge in [-0.05, 0) is 29.0 Å². The molecule has 1 aromatic carbocycles. The van der Waals surface area contributed by atoms with Crippen molar-refractivity contribution >= 4 is 0 Å². The first-order valence-electron chi connectivity index (χ1n) is 6.12. The molecule has 5 nitrogen and oxygen atoms in total. The molecule has 0 N–H and O–H groups in total. The Morgan fingerprint density at radius 1 is 1.25 bits per heavy atom. The summed E-state index contributed by atoms with van der Waals surface area (Å²) in [7, 11) is 0. The van der Waals surface area contributed by atoms with Crippen molar-refractivity contribution < 1.29 is 17.9 Å². The van der Waals surface area contributed by atoms with Gasteiger partial charge in [0.1, 0.15) is 11.4 Å². The van der Waals surface area contributed by atoms with Gasteiger partial charge >= 0.3 is 6.18 Å². The normalized spacial score (nSPS) is 11.6. The number of unbranched alkanes of at least 4 members (excludes halogenated alkanes) is 1. The first-order chi connectivity index (χ1) is 9.54. The van der Waals surface area contributed by atoms with Gasteiger partial charge in [0.15, 0.2) is 0 Å². The van der Waals surface area contributed by atoms with Crippen LogP contribution in [-0.4, -0.2) is 26.8 Å². The molecule has 0 aliphatic carbocycles. The molecule has 0 bridgehead atoms. The number of aromatic nitrogens is 4. The molecular weight excluding hydrogens is 273 g/mol. The van der Waals surface area contributed by atoms with E-state index in [4.69, 9.17) is 4.74 Å². The molecule has 0 spiro atoms. The van der Waals surface area contributed by atoms with Crippen LogP contribution in [0.5, 0.6) is 5.75 Å². The molecule has 0 amide bonds. The van der Waals surface area contributed by atoms with E-state index < -0.39 is 12.0 Å². The number of rotatable bonds is 5. The topological polar surface area (TPSA) is 52.8 Å². The largest absolute Gasteiger partial charge is 0.491 e. The fourth-order valence-corrected chi connectivity index (χ4v) is 1.61. The van der Waals surface area contributed by atoms with Crippen LogP contribution < -0.4 is 4.74 Å². The number of halogens is 3. The highest BCUT2D eigenvalue weighted by Gasteiger charge is 2.38. The number of para-hydroxylation sites is 2. The van der Waals surface area contributed by atoms with Crippen LogP contribution in [0.4, 0.5) is 13.2 Å². The van der Waals surface area contributed by atoms with Crippen LogP contribution in [0.2, 0.25) is 0 Å². The van der Waals surface area contributed by atoms with Crippen LogP contribution in [0.1, 0.15) is 25.6 Å². The van der Waals surface area contributed by atoms with Crippen molar-refractivity contribution in [2.75, 3.05) is 6.61 Å². The summed E-state index contributed by atoms with van der Waals surface area (Å²) in [5.74, 6) is -0.859. The highest BCUT2D eigenvalue weighted by Crippen LogP contribution is 2.31. The van der Waals surface area contributed by atoms with Gasteiger partial charge < -0.3 is 4.74 Å². The van der Waals surface area contributed by atoms with Crippen molar-refractivity contribution in [1.29, 1.82) is 0 Å². The number of ether oxygens (including phenoxy) is 1. The second-order valence-electron chi connectivity index (χ2n) is 4.08. The summed E-state index contributed by atoms with van der Waals surface area (Å²) in [4.78, 5) is 0. The summed E-state index contributed by atoms with van der Waals surface area (Å²) in [5.41, 5.74) is 0.168. The number of tetrazole rings is 1. The Balaban J connectivity index is 2.36. The molecule has 0 saturated carbocycles. The summed E-state index contributed by atoms with van der Waals surface area (Å²) in [6.07, 6.45) is -2.88. The molecule has 20 heavy (non-hydrogen) atoms. The molecule has 0 saturated heterocycles. The minimum atomic E-state index is -4.62. The lowest BCUT2D eigenvalue weighted by molar-refractivity contribution is -0.146. The average Bonchev–Trinajstić information content (AvgIpc) is 2.89. The minimum absolute atomic E-state index is 0.168. The van der Waals surface area contributed by atoms with Crippen LogP contribution in [0.3, 0.4) is 0 Å². The van der Waals surface area contributed by atoms with Crippen molar-refractivity contribution in [2.45, 2.75) is 25.9 Å². The smallest absolute Gasteiger partial charge is 0.453 e. The molecule has 0 aliphatic rings. The fourth-order valence-electron chi connectivity index (χ4n) is 1.61. The predicted molar refractivity (Wildman–Crippen MR) is 64.6 cm³/mol. The zero-order valence-electron chi connectivity index (χ0n) is 10.8. The Morgan fingerprint density at radius 2 is 2.00 bits per heavy atom. The Bertz CT molecular complexity index is 568. The lowest BCUT2D eigenvalue weighted by Crippen LogP contribution is -2.15. The molecule has 1 heterocycles. The second kappa shape index (κ2) is 5.89. The van der Waals surface area contributed by atoms with Gasteiger partial charge in [-0.3, -0.25) is 0 Å². The maximum absolute atomic E-state index is 12.8. The SMILES string of the molecule is CCCCOc1ccccc1-n1nnnc1C(F)(F)F. The van der Waals surface area contributed by atoms with E-state index in [0.29, 0.717) is 17.0 Å². The van der Waals surface area contributed by atoms with Crippen LogP contribution >= 0.6 is 0 Å². The van der Waals surface area contributed by atoms with Gasteiger partial charge in [0, 0.05) is 0 Å². The van der Waals surface area contributed by atoms with E-state index in [2.05, 4.69) is 15.5 Å². The number of hydrogen-bond acceptors (Lipinski definition) is 4. The van der Waals surface area contributed by atoms with E-state index in [9.17, 15) is 13.2 Å². The summed E-state index contributed by atoms with van der Waals surface area (Å²) >= 11 is 0. The van der Waals surface area contributed by atoms with Crippen LogP contribution in [0.25, 0.3) is 5.69 Å². The van der Waals surface area contributed by atoms with Gasteiger partial charge in [-0.15, -0.1) is 5.10 Å². The number of hydrogen-bond donors (Lipinski definition) is 0. The molecule has 108 valence electrons. The molecule has 0 unspecified atom stereocenters. The summed E-state index contributed by atoms with van der Waals surface area (Å²) in [5, 5.41) is 9.51. The van der Waals surface area contributed by atoms with Crippen LogP contribution in [-0.2, 0) is 6.18 Å². The number of nitrogens with zero attached hydrogens (tertiary/aromatic N) is 4. The van der Waals surface area contributed by atoms with Crippen molar-refractivity contribution in [3.8, 4) is 11.4 Å². The predicted octanol–water partition coefficient (Wildman–Crippen LogP) is 2.86. The van der Waals surface area contributed by atoms with E-state index in [0.717, 1.165) is 12.8 Å². The van der Waals surface area contributed by atoms with Gasteiger partial charge in [-0.2, -0.15) is 17.9 Å². The maximum atomic E-state index is 12.8. The van der Waals surface area contributed by atoms with E-state index >= 15 is 0 Å². The van der Waals surface area contributed by atoms with Crippen molar-refractivity contribution in [3.63, 3.8) is 0 Å². The molecule has 0 aliphatic heterocycles. The monoisotopic (exact) mass is 286 g/mol. The standard InChI is InChI=1S/C12H13F3N4O/c1-2-3-8-20-10-7-5-4-6-9(10)19-11(12(13,14)15)16-17-18-19/h4-7H,2-3,8H2,1H3. The molecule has 0 radical (unpaired) electrons. The Kier molecular flexibility index (Phi) is 4.21. The molecule has 2 rings (SSSR count). The van der Waals surface area contributed by atoms with Gasteiger partial charge in [0.25, 0.3) is 5.82 Å². The average molecular weight is 286 g/mol. The van der Waals surface area contributed by atoms with Gasteiger partial charge in [-0.1, -0.05) is 25.5 Å². The van der Waals surface area contributed by atoms with Gasteiger partial charge in [-0.25, -0.2) is 0 Å². The fraction of sp³-hybridized carbons (Fsp3) is 0.417. The van der Waals surface area contributed by atoms with Gasteiger partial charge in [0.2, 0.25) is 0 Å². The molecular formula is C12H13F3N4O. The first-order valence-corrected chi connectivity index (χ1v) is 6.12. The summed E-state index contributed by atoms with van der Waals surface area (Å²) < 4.78 is 44.5. The highest BCUT2D eigenvalue weighted by atomic mass is 19.4. The number of benzene rings is 1. The summed E-state index contributed by atoms with van der Waals surface area (Å²) in [6.45, 7) is 2.43. The maximum Gasteiger partial charge on any atom is 0.453 e. The molecule has 2 aromatic rings. The van der Waals surface area contributed by atoms with Crippen LogP contribution in [0, 0.1) is 0 Å². The van der Waals surface area contributed by atoms with Crippen molar-refractivity contribution in [3.05, 3.63) is 30.1 Å². The van der Waals surface area contributed by atoms with Gasteiger partial charge in [0.05, 0.1) is 6.61 Å². The van der Waals surface area contributed by atoms with E-state index in [1.54, 1.807) is 18.2 Å². The lowest BCUT2D eigenvalue weighted by atomic mass is 10.3. The lowest BCUT2D eigenvalue weighted by Gasteiger charge is -2.12. The summed E-state index contributed by atoms with van der Waals surface area (Å²) in [6, 6.07) is 6.35. The Hall–Kier alpha value is -2.12. The van der Waals surface area contributed by atoms with Crippen LogP contribution in [0.15, 0.2) is 24.3 Å². The zero-order chi connectivity index (χ0) is 14.6. The third kappa shape index (κ3) is 3.06. The number of alkyl halides is 3. The Morgan fingerprint density at radius 3 is 2.70 bits per heavy atom. The van der Waals surface area contributed by atoms with E-state index in [-0.39, 0.29) is 5.69 Å². The van der Waals surface area contributed by atoms with Crippen molar-refractivity contribution in [1.82, 2.24) is 20.2 Å². The zero-order valence-corrected chi connectivity index (χ0v) is 10.8. The quantitative estimate of drug-likeness (QED) is 0.793. The van der Waals surface area contributed by atoms with E-state index in [1.165, 1.54) is 6.07 Å². The third-order valence-electron chi connectivity index (χ3n) is 2.57.